The second kappa shape index (κ2) is 8.25. The molecular weight excluding hydrogens is 409 g/mol. The Balaban J connectivity index is 1.83. The first-order chi connectivity index (χ1) is 12.9. The predicted octanol–water partition coefficient (Wildman–Crippen LogP) is 5.25. The van der Waals surface area contributed by atoms with Gasteiger partial charge in [-0.3, -0.25) is 14.5 Å². The first-order valence-corrected chi connectivity index (χ1v) is 9.41. The quantitative estimate of drug-likeness (QED) is 0.614. The third-order valence-electron chi connectivity index (χ3n) is 3.90. The molecule has 1 fully saturated rings. The van der Waals surface area contributed by atoms with Crippen molar-refractivity contribution in [2.75, 3.05) is 14.2 Å². The number of rotatable bonds is 5. The van der Waals surface area contributed by atoms with Crippen LogP contribution in [0, 0.1) is 0 Å². The molecule has 3 rings (SSSR count). The molecule has 0 saturated carbocycles. The van der Waals surface area contributed by atoms with Crippen LogP contribution in [0.25, 0.3) is 6.08 Å². The van der Waals surface area contributed by atoms with Crippen LogP contribution in [0.1, 0.15) is 11.1 Å². The molecule has 5 nitrogen and oxygen atoms in total. The molecule has 0 unspecified atom stereocenters. The third kappa shape index (κ3) is 4.24. The van der Waals surface area contributed by atoms with Gasteiger partial charge < -0.3 is 9.47 Å². The van der Waals surface area contributed by atoms with Crippen molar-refractivity contribution in [2.45, 2.75) is 6.54 Å². The number of imide groups is 1. The Hall–Kier alpha value is -2.15. The SMILES string of the molecule is COc1ccc(/C=C2/SC(=O)N(Cc3ccc(Cl)c(Cl)c3)C2=O)cc1OC. The first-order valence-electron chi connectivity index (χ1n) is 7.84. The minimum atomic E-state index is -0.356. The number of carbonyl (C=O) groups excluding carboxylic acids is 2. The fourth-order valence-electron chi connectivity index (χ4n) is 2.55. The van der Waals surface area contributed by atoms with Gasteiger partial charge in [-0.15, -0.1) is 0 Å². The summed E-state index contributed by atoms with van der Waals surface area (Å²) >= 11 is 12.8. The van der Waals surface area contributed by atoms with E-state index in [1.165, 1.54) is 12.0 Å². The third-order valence-corrected chi connectivity index (χ3v) is 5.55. The van der Waals surface area contributed by atoms with Crippen molar-refractivity contribution >= 4 is 52.2 Å². The number of halogens is 2. The lowest BCUT2D eigenvalue weighted by Crippen LogP contribution is -2.27. The van der Waals surface area contributed by atoms with Crippen LogP contribution >= 0.6 is 35.0 Å². The van der Waals surface area contributed by atoms with Gasteiger partial charge in [0.2, 0.25) is 0 Å². The molecule has 0 bridgehead atoms. The minimum Gasteiger partial charge on any atom is -0.493 e. The van der Waals surface area contributed by atoms with Gasteiger partial charge in [0.25, 0.3) is 11.1 Å². The molecule has 2 amide bonds. The van der Waals surface area contributed by atoms with Crippen LogP contribution < -0.4 is 9.47 Å². The Morgan fingerprint density at radius 3 is 2.41 bits per heavy atom. The number of benzene rings is 2. The van der Waals surface area contributed by atoms with E-state index >= 15 is 0 Å². The van der Waals surface area contributed by atoms with Crippen molar-refractivity contribution in [3.8, 4) is 11.5 Å². The highest BCUT2D eigenvalue weighted by Gasteiger charge is 2.35. The zero-order valence-corrected chi connectivity index (χ0v) is 16.8. The van der Waals surface area contributed by atoms with E-state index in [2.05, 4.69) is 0 Å². The molecular formula is C19H15Cl2NO4S. The molecule has 0 radical (unpaired) electrons. The molecule has 27 heavy (non-hydrogen) atoms. The summed E-state index contributed by atoms with van der Waals surface area (Å²) < 4.78 is 10.5. The summed E-state index contributed by atoms with van der Waals surface area (Å²) in [5.41, 5.74) is 1.45. The zero-order chi connectivity index (χ0) is 19.6. The number of amides is 2. The van der Waals surface area contributed by atoms with Crippen LogP contribution in [0.2, 0.25) is 10.0 Å². The molecule has 1 aliphatic rings. The monoisotopic (exact) mass is 423 g/mol. The zero-order valence-electron chi connectivity index (χ0n) is 14.5. The summed E-state index contributed by atoms with van der Waals surface area (Å²) in [4.78, 5) is 26.5. The largest absolute Gasteiger partial charge is 0.493 e. The van der Waals surface area contributed by atoms with Gasteiger partial charge in [-0.2, -0.15) is 0 Å². The van der Waals surface area contributed by atoms with Gasteiger partial charge in [0.15, 0.2) is 11.5 Å². The summed E-state index contributed by atoms with van der Waals surface area (Å²) in [6.07, 6.45) is 1.65. The molecule has 0 atom stereocenters. The van der Waals surface area contributed by atoms with E-state index in [9.17, 15) is 9.59 Å². The maximum Gasteiger partial charge on any atom is 0.293 e. The van der Waals surface area contributed by atoms with Crippen LogP contribution in [-0.2, 0) is 11.3 Å². The van der Waals surface area contributed by atoms with E-state index in [-0.39, 0.29) is 17.7 Å². The lowest BCUT2D eigenvalue weighted by atomic mass is 10.1. The van der Waals surface area contributed by atoms with E-state index in [0.29, 0.717) is 26.4 Å². The summed E-state index contributed by atoms with van der Waals surface area (Å²) in [6, 6.07) is 10.3. The number of nitrogens with zero attached hydrogens (tertiary/aromatic N) is 1. The van der Waals surface area contributed by atoms with Crippen molar-refractivity contribution < 1.29 is 19.1 Å². The Morgan fingerprint density at radius 1 is 1.00 bits per heavy atom. The highest BCUT2D eigenvalue weighted by molar-refractivity contribution is 8.18. The molecule has 0 aliphatic carbocycles. The Bertz CT molecular complexity index is 945. The Morgan fingerprint density at radius 2 is 1.74 bits per heavy atom. The van der Waals surface area contributed by atoms with Crippen LogP contribution in [-0.4, -0.2) is 30.3 Å². The van der Waals surface area contributed by atoms with Gasteiger partial charge in [-0.05, 0) is 53.2 Å². The maximum absolute atomic E-state index is 12.7. The molecule has 0 aromatic heterocycles. The van der Waals surface area contributed by atoms with Gasteiger partial charge in [0.1, 0.15) is 0 Å². The number of carbonyl (C=O) groups is 2. The van der Waals surface area contributed by atoms with Gasteiger partial charge in [0.05, 0.1) is 35.7 Å². The predicted molar refractivity (Wildman–Crippen MR) is 108 cm³/mol. The van der Waals surface area contributed by atoms with Crippen molar-refractivity contribution in [3.05, 3.63) is 62.5 Å². The highest BCUT2D eigenvalue weighted by atomic mass is 35.5. The summed E-state index contributed by atoms with van der Waals surface area (Å²) in [7, 11) is 3.08. The van der Waals surface area contributed by atoms with Crippen LogP contribution in [0.15, 0.2) is 41.3 Å². The van der Waals surface area contributed by atoms with E-state index in [4.69, 9.17) is 32.7 Å². The van der Waals surface area contributed by atoms with Crippen LogP contribution in [0.4, 0.5) is 4.79 Å². The lowest BCUT2D eigenvalue weighted by molar-refractivity contribution is -0.123. The molecule has 0 spiro atoms. The lowest BCUT2D eigenvalue weighted by Gasteiger charge is -2.13. The van der Waals surface area contributed by atoms with E-state index in [1.807, 2.05) is 0 Å². The number of methoxy groups -OCH3 is 2. The van der Waals surface area contributed by atoms with Crippen LogP contribution in [0.5, 0.6) is 11.5 Å². The number of hydrogen-bond acceptors (Lipinski definition) is 5. The van der Waals surface area contributed by atoms with Gasteiger partial charge in [0, 0.05) is 0 Å². The van der Waals surface area contributed by atoms with Gasteiger partial charge in [-0.1, -0.05) is 35.3 Å². The van der Waals surface area contributed by atoms with E-state index in [0.717, 1.165) is 22.9 Å². The normalized spacial score (nSPS) is 15.6. The average molecular weight is 424 g/mol. The smallest absolute Gasteiger partial charge is 0.293 e. The Kier molecular flexibility index (Phi) is 5.99. The number of hydrogen-bond donors (Lipinski definition) is 0. The summed E-state index contributed by atoms with van der Waals surface area (Å²) in [5.74, 6) is 0.773. The van der Waals surface area contributed by atoms with Crippen molar-refractivity contribution in [3.63, 3.8) is 0 Å². The molecule has 2 aromatic rings. The molecule has 2 aromatic carbocycles. The van der Waals surface area contributed by atoms with E-state index < -0.39 is 0 Å². The fraction of sp³-hybridized carbons (Fsp3) is 0.158. The topological polar surface area (TPSA) is 55.8 Å². The number of thioether (sulfide) groups is 1. The molecule has 1 saturated heterocycles. The molecule has 8 heteroatoms. The van der Waals surface area contributed by atoms with Crippen molar-refractivity contribution in [1.29, 1.82) is 0 Å². The molecule has 1 aliphatic heterocycles. The van der Waals surface area contributed by atoms with Gasteiger partial charge in [-0.25, -0.2) is 0 Å². The molecule has 0 N–H and O–H groups in total. The van der Waals surface area contributed by atoms with E-state index in [1.54, 1.807) is 49.6 Å². The van der Waals surface area contributed by atoms with Crippen molar-refractivity contribution in [1.82, 2.24) is 4.90 Å². The number of ether oxygens (including phenoxy) is 2. The molecule has 1 heterocycles. The second-order valence-electron chi connectivity index (χ2n) is 5.63. The Labute approximate surface area is 170 Å². The minimum absolute atomic E-state index is 0.130. The maximum atomic E-state index is 12.7. The summed E-state index contributed by atoms with van der Waals surface area (Å²) in [6.45, 7) is 0.130. The van der Waals surface area contributed by atoms with Crippen molar-refractivity contribution in [2.24, 2.45) is 0 Å². The van der Waals surface area contributed by atoms with Crippen LogP contribution in [0.3, 0.4) is 0 Å². The fourth-order valence-corrected chi connectivity index (χ4v) is 3.71. The summed E-state index contributed by atoms with van der Waals surface area (Å²) in [5, 5.41) is 0.461. The standard InChI is InChI=1S/C19H15Cl2NO4S/c1-25-15-6-4-11(8-16(15)26-2)9-17-18(23)22(19(24)27-17)10-12-3-5-13(20)14(21)7-12/h3-9H,10H2,1-2H3/b17-9+. The second-order valence-corrected chi connectivity index (χ2v) is 7.44. The highest BCUT2D eigenvalue weighted by Crippen LogP contribution is 2.35. The van der Waals surface area contributed by atoms with Gasteiger partial charge >= 0.3 is 0 Å². The first kappa shape index (κ1) is 19.6. The average Bonchev–Trinajstić information content (AvgIpc) is 2.92. The molecule has 140 valence electrons.